The summed E-state index contributed by atoms with van der Waals surface area (Å²) in [7, 11) is 0. The number of hydrogen-bond acceptors (Lipinski definition) is 3. The first-order chi connectivity index (χ1) is 12.8. The molecule has 0 bridgehead atoms. The average Bonchev–Trinajstić information content (AvgIpc) is 2.68. The summed E-state index contributed by atoms with van der Waals surface area (Å²) >= 11 is 0. The van der Waals surface area contributed by atoms with E-state index in [0.29, 0.717) is 0 Å². The van der Waals surface area contributed by atoms with Gasteiger partial charge in [0.05, 0.1) is 12.5 Å². The van der Waals surface area contributed by atoms with Gasteiger partial charge in [-0.2, -0.15) is 0 Å². The third-order valence-electron chi connectivity index (χ3n) is 4.37. The highest BCUT2D eigenvalue weighted by atomic mass is 35.5. The minimum atomic E-state index is -0.878. The van der Waals surface area contributed by atoms with Crippen LogP contribution in [-0.2, 0) is 9.59 Å². The van der Waals surface area contributed by atoms with Gasteiger partial charge in [0.15, 0.2) is 0 Å². The molecule has 152 valence electrons. The lowest BCUT2D eigenvalue weighted by molar-refractivity contribution is -0.138. The second kappa shape index (κ2) is 10.7. The zero-order valence-electron chi connectivity index (χ0n) is 15.7. The van der Waals surface area contributed by atoms with Crippen LogP contribution in [0.1, 0.15) is 25.5 Å². The van der Waals surface area contributed by atoms with Gasteiger partial charge in [0.25, 0.3) is 0 Å². The third-order valence-corrected chi connectivity index (χ3v) is 4.37. The third kappa shape index (κ3) is 5.74. The number of nitrogens with one attached hydrogen (secondary N) is 1. The van der Waals surface area contributed by atoms with Crippen molar-refractivity contribution in [3.63, 3.8) is 0 Å². The van der Waals surface area contributed by atoms with E-state index in [-0.39, 0.29) is 31.4 Å². The molecule has 0 fully saturated rings. The monoisotopic (exact) mass is 411 g/mol. The van der Waals surface area contributed by atoms with Gasteiger partial charge in [0, 0.05) is 12.6 Å². The number of nitrogens with two attached hydrogens (primary N) is 1. The van der Waals surface area contributed by atoms with Crippen molar-refractivity contribution in [2.75, 3.05) is 18.4 Å². The zero-order chi connectivity index (χ0) is 20.0. The number of rotatable bonds is 7. The van der Waals surface area contributed by atoms with Gasteiger partial charge in [-0.15, -0.1) is 12.4 Å². The van der Waals surface area contributed by atoms with Crippen LogP contribution in [0.4, 0.5) is 14.5 Å². The van der Waals surface area contributed by atoms with Crippen LogP contribution < -0.4 is 11.1 Å². The quantitative estimate of drug-likeness (QED) is 0.732. The largest absolute Gasteiger partial charge is 0.333 e. The van der Waals surface area contributed by atoms with E-state index in [1.54, 1.807) is 13.8 Å². The smallest absolute Gasteiger partial charge is 0.244 e. The fraction of sp³-hybridized carbons (Fsp3) is 0.300. The number of halogens is 3. The van der Waals surface area contributed by atoms with E-state index in [4.69, 9.17) is 5.73 Å². The van der Waals surface area contributed by atoms with Gasteiger partial charge in [0.1, 0.15) is 17.3 Å². The van der Waals surface area contributed by atoms with Gasteiger partial charge in [0.2, 0.25) is 11.8 Å². The van der Waals surface area contributed by atoms with E-state index in [1.165, 1.54) is 11.0 Å². The molecule has 2 aromatic rings. The van der Waals surface area contributed by atoms with E-state index in [2.05, 4.69) is 5.32 Å². The van der Waals surface area contributed by atoms with E-state index in [1.807, 2.05) is 30.3 Å². The van der Waals surface area contributed by atoms with Crippen LogP contribution in [0.3, 0.4) is 0 Å². The van der Waals surface area contributed by atoms with Gasteiger partial charge < -0.3 is 16.0 Å². The Morgan fingerprint density at radius 2 is 1.64 bits per heavy atom. The maximum atomic E-state index is 13.7. The summed E-state index contributed by atoms with van der Waals surface area (Å²) < 4.78 is 27.3. The highest BCUT2D eigenvalue weighted by Gasteiger charge is 2.27. The highest BCUT2D eigenvalue weighted by Crippen LogP contribution is 2.21. The molecule has 2 atom stereocenters. The standard InChI is InChI=1S/C20H23F2N3O2.ClH/c1-3-25(12-17(26)24-19-15(21)10-7-11-16(19)22)20(27)13(2)18(23)14-8-5-4-6-9-14;/h4-11,13,18H,3,12,23H2,1-2H3,(H,24,26);1H. The Morgan fingerprint density at radius 3 is 2.18 bits per heavy atom. The number of anilines is 1. The lowest BCUT2D eigenvalue weighted by Crippen LogP contribution is -2.43. The SMILES string of the molecule is CCN(CC(=O)Nc1c(F)cccc1F)C(=O)C(C)C(N)c1ccccc1.Cl. The molecule has 2 aromatic carbocycles. The second-order valence-electron chi connectivity index (χ2n) is 6.22. The average molecular weight is 412 g/mol. The van der Waals surface area contributed by atoms with E-state index in [0.717, 1.165) is 17.7 Å². The van der Waals surface area contributed by atoms with Crippen molar-refractivity contribution in [3.8, 4) is 0 Å². The number of nitrogens with zero attached hydrogens (tertiary/aromatic N) is 1. The topological polar surface area (TPSA) is 75.4 Å². The van der Waals surface area contributed by atoms with Crippen LogP contribution in [-0.4, -0.2) is 29.8 Å². The number of benzene rings is 2. The van der Waals surface area contributed by atoms with Crippen LogP contribution in [0.25, 0.3) is 0 Å². The van der Waals surface area contributed by atoms with E-state index >= 15 is 0 Å². The second-order valence-corrected chi connectivity index (χ2v) is 6.22. The molecule has 0 aliphatic heterocycles. The minimum Gasteiger partial charge on any atom is -0.333 e. The Kier molecular flexibility index (Phi) is 9.02. The lowest BCUT2D eigenvalue weighted by Gasteiger charge is -2.27. The van der Waals surface area contributed by atoms with Crippen molar-refractivity contribution in [2.24, 2.45) is 11.7 Å². The van der Waals surface area contributed by atoms with Crippen LogP contribution in [0, 0.1) is 17.6 Å². The predicted molar refractivity (Wildman–Crippen MR) is 107 cm³/mol. The van der Waals surface area contributed by atoms with Crippen molar-refractivity contribution in [3.05, 3.63) is 65.7 Å². The summed E-state index contributed by atoms with van der Waals surface area (Å²) in [5, 5.41) is 2.18. The van der Waals surface area contributed by atoms with Gasteiger partial charge in [-0.25, -0.2) is 8.78 Å². The highest BCUT2D eigenvalue weighted by molar-refractivity contribution is 5.95. The molecule has 2 unspecified atom stereocenters. The number of likely N-dealkylation sites (N-methyl/N-ethyl adjacent to an activating group) is 1. The van der Waals surface area contributed by atoms with Crippen molar-refractivity contribution < 1.29 is 18.4 Å². The van der Waals surface area contributed by atoms with Crippen molar-refractivity contribution >= 4 is 29.9 Å². The molecule has 0 saturated carbocycles. The lowest BCUT2D eigenvalue weighted by atomic mass is 9.94. The molecule has 0 radical (unpaired) electrons. The fourth-order valence-electron chi connectivity index (χ4n) is 2.72. The Morgan fingerprint density at radius 1 is 1.07 bits per heavy atom. The molecule has 2 amide bonds. The first kappa shape index (κ1) is 23.5. The predicted octanol–water partition coefficient (Wildman–Crippen LogP) is 3.51. The molecule has 0 aromatic heterocycles. The first-order valence-corrected chi connectivity index (χ1v) is 8.68. The normalized spacial score (nSPS) is 12.5. The molecule has 3 N–H and O–H groups in total. The Bertz CT molecular complexity index is 785. The number of carbonyl (C=O) groups excluding carboxylic acids is 2. The molecule has 0 aliphatic rings. The van der Waals surface area contributed by atoms with Crippen LogP contribution in [0.5, 0.6) is 0 Å². The Balaban J connectivity index is 0.00000392. The summed E-state index contributed by atoms with van der Waals surface area (Å²) in [5.74, 6) is -3.31. The summed E-state index contributed by atoms with van der Waals surface area (Å²) in [6, 6.07) is 11.9. The van der Waals surface area contributed by atoms with Gasteiger partial charge in [-0.05, 0) is 24.6 Å². The molecule has 0 spiro atoms. The number of hydrogen-bond donors (Lipinski definition) is 2. The van der Waals surface area contributed by atoms with Crippen LogP contribution >= 0.6 is 12.4 Å². The Hall–Kier alpha value is -2.51. The van der Waals surface area contributed by atoms with Crippen molar-refractivity contribution in [1.29, 1.82) is 0 Å². The van der Waals surface area contributed by atoms with Crippen molar-refractivity contribution in [2.45, 2.75) is 19.9 Å². The summed E-state index contributed by atoms with van der Waals surface area (Å²) in [5.41, 5.74) is 6.46. The van der Waals surface area contributed by atoms with Gasteiger partial charge in [-0.3, -0.25) is 9.59 Å². The molecular formula is C20H24ClF2N3O2. The summed E-state index contributed by atoms with van der Waals surface area (Å²) in [6.45, 7) is 3.35. The molecule has 2 rings (SSSR count). The van der Waals surface area contributed by atoms with Crippen LogP contribution in [0.15, 0.2) is 48.5 Å². The maximum Gasteiger partial charge on any atom is 0.244 e. The summed E-state index contributed by atoms with van der Waals surface area (Å²) in [4.78, 5) is 26.2. The van der Waals surface area contributed by atoms with Gasteiger partial charge in [-0.1, -0.05) is 43.3 Å². The molecule has 0 aliphatic carbocycles. The fourth-order valence-corrected chi connectivity index (χ4v) is 2.72. The van der Waals surface area contributed by atoms with Crippen molar-refractivity contribution in [1.82, 2.24) is 4.90 Å². The number of carbonyl (C=O) groups is 2. The van der Waals surface area contributed by atoms with Gasteiger partial charge >= 0.3 is 0 Å². The maximum absolute atomic E-state index is 13.7. The molecule has 0 saturated heterocycles. The minimum absolute atomic E-state index is 0. The zero-order valence-corrected chi connectivity index (χ0v) is 16.5. The molecule has 5 nitrogen and oxygen atoms in total. The molecule has 0 heterocycles. The Labute approximate surface area is 169 Å². The number of para-hydroxylation sites is 1. The molecule has 28 heavy (non-hydrogen) atoms. The number of amides is 2. The summed E-state index contributed by atoms with van der Waals surface area (Å²) in [6.07, 6.45) is 0. The molecule has 8 heteroatoms. The molecular weight excluding hydrogens is 388 g/mol. The van der Waals surface area contributed by atoms with Crippen LogP contribution in [0.2, 0.25) is 0 Å². The first-order valence-electron chi connectivity index (χ1n) is 8.68. The van der Waals surface area contributed by atoms with E-state index < -0.39 is 35.2 Å². The van der Waals surface area contributed by atoms with E-state index in [9.17, 15) is 18.4 Å².